The lowest BCUT2D eigenvalue weighted by Crippen LogP contribution is -2.30. The third-order valence-electron chi connectivity index (χ3n) is 4.50. The van der Waals surface area contributed by atoms with Crippen molar-refractivity contribution in [2.75, 3.05) is 20.2 Å². The fourth-order valence-electron chi connectivity index (χ4n) is 3.04. The van der Waals surface area contributed by atoms with Gasteiger partial charge in [-0.1, -0.05) is 6.07 Å². The van der Waals surface area contributed by atoms with E-state index in [2.05, 4.69) is 23.5 Å². The predicted octanol–water partition coefficient (Wildman–Crippen LogP) is 3.17. The van der Waals surface area contributed by atoms with Gasteiger partial charge in [0.25, 0.3) is 0 Å². The van der Waals surface area contributed by atoms with Crippen LogP contribution in [0.4, 0.5) is 0 Å². The third kappa shape index (κ3) is 3.26. The minimum atomic E-state index is 0.399. The SMILES string of the molecule is COc1ccc(CC2CCCNC2)cc1OC1CCC1. The van der Waals surface area contributed by atoms with Crippen molar-refractivity contribution in [1.29, 1.82) is 0 Å². The zero-order valence-corrected chi connectivity index (χ0v) is 12.4. The number of nitrogens with one attached hydrogen (secondary N) is 1. The summed E-state index contributed by atoms with van der Waals surface area (Å²) in [7, 11) is 1.72. The van der Waals surface area contributed by atoms with Crippen LogP contribution >= 0.6 is 0 Å². The lowest BCUT2D eigenvalue weighted by Gasteiger charge is -2.28. The Morgan fingerprint density at radius 1 is 1.15 bits per heavy atom. The molecule has 3 nitrogen and oxygen atoms in total. The number of rotatable bonds is 5. The third-order valence-corrected chi connectivity index (χ3v) is 4.50. The highest BCUT2D eigenvalue weighted by atomic mass is 16.5. The molecule has 1 aromatic carbocycles. The molecule has 1 N–H and O–H groups in total. The fourth-order valence-corrected chi connectivity index (χ4v) is 3.04. The summed E-state index contributed by atoms with van der Waals surface area (Å²) in [5.41, 5.74) is 1.37. The van der Waals surface area contributed by atoms with Gasteiger partial charge in [0.1, 0.15) is 0 Å². The molecular weight excluding hydrogens is 250 g/mol. The zero-order valence-electron chi connectivity index (χ0n) is 12.4. The van der Waals surface area contributed by atoms with Crippen molar-refractivity contribution in [3.63, 3.8) is 0 Å². The van der Waals surface area contributed by atoms with Crippen molar-refractivity contribution in [3.05, 3.63) is 23.8 Å². The molecule has 0 aromatic heterocycles. The Kier molecular flexibility index (Phi) is 4.46. The van der Waals surface area contributed by atoms with E-state index in [9.17, 15) is 0 Å². The summed E-state index contributed by atoms with van der Waals surface area (Å²) in [4.78, 5) is 0. The van der Waals surface area contributed by atoms with Gasteiger partial charge in [-0.25, -0.2) is 0 Å². The van der Waals surface area contributed by atoms with Crippen molar-refractivity contribution in [2.45, 2.75) is 44.6 Å². The van der Waals surface area contributed by atoms with Crippen LogP contribution in [0.3, 0.4) is 0 Å². The summed E-state index contributed by atoms with van der Waals surface area (Å²) in [5, 5.41) is 3.49. The minimum Gasteiger partial charge on any atom is -0.493 e. The first kappa shape index (κ1) is 13.7. The van der Waals surface area contributed by atoms with E-state index < -0.39 is 0 Å². The second kappa shape index (κ2) is 6.49. The molecule has 3 rings (SSSR count). The summed E-state index contributed by atoms with van der Waals surface area (Å²) >= 11 is 0. The molecule has 1 aromatic rings. The maximum atomic E-state index is 6.06. The number of ether oxygens (including phenoxy) is 2. The highest BCUT2D eigenvalue weighted by Crippen LogP contribution is 2.33. The molecule has 2 aliphatic rings. The number of benzene rings is 1. The highest BCUT2D eigenvalue weighted by molar-refractivity contribution is 5.43. The molecule has 1 aliphatic heterocycles. The molecule has 0 spiro atoms. The van der Waals surface area contributed by atoms with Crippen LogP contribution in [0, 0.1) is 5.92 Å². The van der Waals surface area contributed by atoms with Gasteiger partial charge in [0.05, 0.1) is 13.2 Å². The van der Waals surface area contributed by atoms with Crippen molar-refractivity contribution in [2.24, 2.45) is 5.92 Å². The van der Waals surface area contributed by atoms with Gasteiger partial charge >= 0.3 is 0 Å². The molecule has 1 saturated heterocycles. The van der Waals surface area contributed by atoms with Gasteiger partial charge in [0.15, 0.2) is 11.5 Å². The van der Waals surface area contributed by atoms with Crippen molar-refractivity contribution in [3.8, 4) is 11.5 Å². The Balaban J connectivity index is 1.68. The van der Waals surface area contributed by atoms with Gasteiger partial charge in [0.2, 0.25) is 0 Å². The molecular formula is C17H25NO2. The molecule has 0 radical (unpaired) electrons. The largest absolute Gasteiger partial charge is 0.493 e. The average molecular weight is 275 g/mol. The predicted molar refractivity (Wildman–Crippen MR) is 80.6 cm³/mol. The molecule has 1 saturated carbocycles. The van der Waals surface area contributed by atoms with Gasteiger partial charge in [-0.3, -0.25) is 0 Å². The van der Waals surface area contributed by atoms with Crippen molar-refractivity contribution in [1.82, 2.24) is 5.32 Å². The minimum absolute atomic E-state index is 0.399. The second-order valence-corrected chi connectivity index (χ2v) is 6.07. The first-order valence-corrected chi connectivity index (χ1v) is 7.89. The lowest BCUT2D eigenvalue weighted by molar-refractivity contribution is 0.116. The molecule has 1 atom stereocenters. The standard InChI is InChI=1S/C17H25NO2/c1-19-16-8-7-13(10-14-4-3-9-18-12-14)11-17(16)20-15-5-2-6-15/h7-8,11,14-15,18H,2-6,9-10,12H2,1H3. The summed E-state index contributed by atoms with van der Waals surface area (Å²) in [6.45, 7) is 2.32. The summed E-state index contributed by atoms with van der Waals surface area (Å²) in [6.07, 6.45) is 7.82. The number of piperidine rings is 1. The summed E-state index contributed by atoms with van der Waals surface area (Å²) < 4.78 is 11.5. The quantitative estimate of drug-likeness (QED) is 0.895. The van der Waals surface area contributed by atoms with Crippen molar-refractivity contribution < 1.29 is 9.47 Å². The van der Waals surface area contributed by atoms with Gasteiger partial charge in [-0.2, -0.15) is 0 Å². The van der Waals surface area contributed by atoms with E-state index in [0.717, 1.165) is 30.4 Å². The summed E-state index contributed by atoms with van der Waals surface area (Å²) in [6, 6.07) is 6.42. The van der Waals surface area contributed by atoms with Gasteiger partial charge in [-0.15, -0.1) is 0 Å². The van der Waals surface area contributed by atoms with E-state index in [0.29, 0.717) is 6.10 Å². The molecule has 1 heterocycles. The van der Waals surface area contributed by atoms with Crippen LogP contribution in [0.2, 0.25) is 0 Å². The van der Waals surface area contributed by atoms with Crippen LogP contribution < -0.4 is 14.8 Å². The zero-order chi connectivity index (χ0) is 13.8. The topological polar surface area (TPSA) is 30.5 Å². The number of hydrogen-bond donors (Lipinski definition) is 1. The van der Waals surface area contributed by atoms with Gasteiger partial charge in [0, 0.05) is 0 Å². The Hall–Kier alpha value is -1.22. The molecule has 1 aliphatic carbocycles. The Morgan fingerprint density at radius 2 is 2.05 bits per heavy atom. The van der Waals surface area contributed by atoms with Crippen LogP contribution in [-0.2, 0) is 6.42 Å². The molecule has 0 amide bonds. The Morgan fingerprint density at radius 3 is 2.70 bits per heavy atom. The number of hydrogen-bond acceptors (Lipinski definition) is 3. The Bertz CT molecular complexity index is 437. The molecule has 2 fully saturated rings. The lowest BCUT2D eigenvalue weighted by atomic mass is 9.92. The van der Waals surface area contributed by atoms with Gasteiger partial charge < -0.3 is 14.8 Å². The highest BCUT2D eigenvalue weighted by Gasteiger charge is 2.21. The van der Waals surface area contributed by atoms with E-state index in [1.54, 1.807) is 7.11 Å². The van der Waals surface area contributed by atoms with E-state index in [1.807, 2.05) is 0 Å². The maximum Gasteiger partial charge on any atom is 0.161 e. The normalized spacial score (nSPS) is 23.1. The Labute approximate surface area is 121 Å². The van der Waals surface area contributed by atoms with E-state index in [-0.39, 0.29) is 0 Å². The van der Waals surface area contributed by atoms with Crippen LogP contribution in [0.25, 0.3) is 0 Å². The van der Waals surface area contributed by atoms with Crippen LogP contribution in [0.15, 0.2) is 18.2 Å². The summed E-state index contributed by atoms with van der Waals surface area (Å²) in [5.74, 6) is 2.55. The smallest absolute Gasteiger partial charge is 0.161 e. The van der Waals surface area contributed by atoms with E-state index in [1.165, 1.54) is 44.2 Å². The van der Waals surface area contributed by atoms with Crippen LogP contribution in [-0.4, -0.2) is 26.3 Å². The first-order valence-electron chi connectivity index (χ1n) is 7.89. The van der Waals surface area contributed by atoms with Crippen LogP contribution in [0.1, 0.15) is 37.7 Å². The maximum absolute atomic E-state index is 6.06. The monoisotopic (exact) mass is 275 g/mol. The fraction of sp³-hybridized carbons (Fsp3) is 0.647. The average Bonchev–Trinajstić information content (AvgIpc) is 2.44. The molecule has 0 bridgehead atoms. The first-order chi connectivity index (χ1) is 9.85. The van der Waals surface area contributed by atoms with E-state index in [4.69, 9.17) is 9.47 Å². The van der Waals surface area contributed by atoms with Crippen molar-refractivity contribution >= 4 is 0 Å². The second-order valence-electron chi connectivity index (χ2n) is 6.07. The van der Waals surface area contributed by atoms with Gasteiger partial charge in [-0.05, 0) is 75.2 Å². The molecule has 1 unspecified atom stereocenters. The molecule has 3 heteroatoms. The number of methoxy groups -OCH3 is 1. The van der Waals surface area contributed by atoms with E-state index >= 15 is 0 Å². The molecule has 110 valence electrons. The molecule has 20 heavy (non-hydrogen) atoms. The van der Waals surface area contributed by atoms with Crippen LogP contribution in [0.5, 0.6) is 11.5 Å².